The lowest BCUT2D eigenvalue weighted by molar-refractivity contribution is -0.116. The quantitative estimate of drug-likeness (QED) is 0.737. The molecule has 5 heteroatoms. The van der Waals surface area contributed by atoms with Gasteiger partial charge in [-0.1, -0.05) is 0 Å². The summed E-state index contributed by atoms with van der Waals surface area (Å²) in [5, 5.41) is 11.3. The molecule has 0 bridgehead atoms. The Hall–Kier alpha value is -1.91. The highest BCUT2D eigenvalue weighted by molar-refractivity contribution is 6.08. The lowest BCUT2D eigenvalue weighted by atomic mass is 10.00. The highest BCUT2D eigenvalue weighted by Gasteiger charge is 2.31. The number of fused-ring (bicyclic) bond motifs is 1. The molecule has 1 aromatic carbocycles. The van der Waals surface area contributed by atoms with Gasteiger partial charge < -0.3 is 10.4 Å². The maximum atomic E-state index is 13.1. The second-order valence-electron chi connectivity index (χ2n) is 3.43. The van der Waals surface area contributed by atoms with Crippen LogP contribution in [0.2, 0.25) is 0 Å². The Kier molecular flexibility index (Phi) is 1.96. The molecule has 1 aromatic rings. The number of hydrogen-bond acceptors (Lipinski definition) is 2. The van der Waals surface area contributed by atoms with E-state index in [-0.39, 0.29) is 17.2 Å². The number of nitrogens with one attached hydrogen (secondary N) is 1. The maximum Gasteiger partial charge on any atom is 0.337 e. The number of benzene rings is 1. The molecule has 0 saturated carbocycles. The first-order valence-corrected chi connectivity index (χ1v) is 4.38. The standard InChI is InChI=1S/C10H8FNO3/c1-4-6-2-5(11)3-7(10(14)15)8(6)12-9(4)13/h2-4H,1H3,(H,12,13)(H,14,15). The Labute approximate surface area is 84.7 Å². The molecule has 1 heterocycles. The van der Waals surface area contributed by atoms with Crippen molar-refractivity contribution < 1.29 is 19.1 Å². The second kappa shape index (κ2) is 3.05. The van der Waals surface area contributed by atoms with Crippen molar-refractivity contribution in [2.75, 3.05) is 5.32 Å². The van der Waals surface area contributed by atoms with Gasteiger partial charge in [-0.15, -0.1) is 0 Å². The lowest BCUT2D eigenvalue weighted by Gasteiger charge is -2.04. The topological polar surface area (TPSA) is 66.4 Å². The minimum atomic E-state index is -1.25. The van der Waals surface area contributed by atoms with Crippen molar-refractivity contribution >= 4 is 17.6 Å². The van der Waals surface area contributed by atoms with Crippen LogP contribution in [0.15, 0.2) is 12.1 Å². The molecule has 0 spiro atoms. The Morgan fingerprint density at radius 2 is 2.20 bits per heavy atom. The molecule has 78 valence electrons. The summed E-state index contributed by atoms with van der Waals surface area (Å²) in [6, 6.07) is 2.09. The zero-order valence-corrected chi connectivity index (χ0v) is 7.87. The summed E-state index contributed by atoms with van der Waals surface area (Å²) in [6.45, 7) is 1.60. The third-order valence-corrected chi connectivity index (χ3v) is 2.47. The van der Waals surface area contributed by atoms with Crippen LogP contribution < -0.4 is 5.32 Å². The number of hydrogen-bond donors (Lipinski definition) is 2. The third-order valence-electron chi connectivity index (χ3n) is 2.47. The van der Waals surface area contributed by atoms with Gasteiger partial charge in [0.15, 0.2) is 0 Å². The van der Waals surface area contributed by atoms with E-state index in [9.17, 15) is 14.0 Å². The van der Waals surface area contributed by atoms with E-state index in [1.165, 1.54) is 6.07 Å². The summed E-state index contributed by atoms with van der Waals surface area (Å²) < 4.78 is 13.1. The van der Waals surface area contributed by atoms with Gasteiger partial charge in [-0.25, -0.2) is 9.18 Å². The van der Waals surface area contributed by atoms with Crippen molar-refractivity contribution in [2.45, 2.75) is 12.8 Å². The van der Waals surface area contributed by atoms with Crippen LogP contribution in [0.25, 0.3) is 0 Å². The molecular formula is C10H8FNO3. The van der Waals surface area contributed by atoms with Crippen LogP contribution in [0.3, 0.4) is 0 Å². The number of halogens is 1. The van der Waals surface area contributed by atoms with E-state index in [1.54, 1.807) is 6.92 Å². The van der Waals surface area contributed by atoms with Gasteiger partial charge in [0.25, 0.3) is 0 Å². The average molecular weight is 209 g/mol. The van der Waals surface area contributed by atoms with E-state index in [0.29, 0.717) is 5.56 Å². The fourth-order valence-electron chi connectivity index (χ4n) is 1.65. The largest absolute Gasteiger partial charge is 0.478 e. The first-order valence-electron chi connectivity index (χ1n) is 4.38. The monoisotopic (exact) mass is 209 g/mol. The molecule has 1 aliphatic rings. The van der Waals surface area contributed by atoms with Crippen LogP contribution in [0, 0.1) is 5.82 Å². The number of aromatic carboxylic acids is 1. The van der Waals surface area contributed by atoms with Crippen LogP contribution >= 0.6 is 0 Å². The Morgan fingerprint density at radius 1 is 1.53 bits per heavy atom. The summed E-state index contributed by atoms with van der Waals surface area (Å²) in [5.74, 6) is -2.71. The van der Waals surface area contributed by atoms with Crippen molar-refractivity contribution in [3.05, 3.63) is 29.1 Å². The van der Waals surface area contributed by atoms with E-state index in [2.05, 4.69) is 5.32 Å². The first-order chi connectivity index (χ1) is 7.00. The molecule has 1 unspecified atom stereocenters. The number of carbonyl (C=O) groups excluding carboxylic acids is 1. The van der Waals surface area contributed by atoms with Gasteiger partial charge in [-0.05, 0) is 24.6 Å². The number of amides is 1. The first kappa shape index (κ1) is 9.64. The molecule has 2 rings (SSSR count). The summed E-state index contributed by atoms with van der Waals surface area (Å²) in [6.07, 6.45) is 0. The normalized spacial score (nSPS) is 18.5. The molecule has 0 aromatic heterocycles. The van der Waals surface area contributed by atoms with Crippen molar-refractivity contribution in [2.24, 2.45) is 0 Å². The SMILES string of the molecule is CC1C(=O)Nc2c(C(=O)O)cc(F)cc21. The maximum absolute atomic E-state index is 13.1. The van der Waals surface area contributed by atoms with E-state index in [4.69, 9.17) is 5.11 Å². The molecule has 0 fully saturated rings. The summed E-state index contributed by atoms with van der Waals surface area (Å²) >= 11 is 0. The number of anilines is 1. The van der Waals surface area contributed by atoms with Gasteiger partial charge in [0.05, 0.1) is 17.2 Å². The van der Waals surface area contributed by atoms with Crippen molar-refractivity contribution in [1.29, 1.82) is 0 Å². The average Bonchev–Trinajstić information content (AvgIpc) is 2.43. The van der Waals surface area contributed by atoms with Crippen molar-refractivity contribution in [3.63, 3.8) is 0 Å². The smallest absolute Gasteiger partial charge is 0.337 e. The minimum Gasteiger partial charge on any atom is -0.478 e. The highest BCUT2D eigenvalue weighted by atomic mass is 19.1. The summed E-state index contributed by atoms with van der Waals surface area (Å²) in [5.41, 5.74) is 0.404. The fraction of sp³-hybridized carbons (Fsp3) is 0.200. The molecule has 1 aliphatic heterocycles. The van der Waals surface area contributed by atoms with Crippen LogP contribution in [0.5, 0.6) is 0 Å². The van der Waals surface area contributed by atoms with E-state index in [1.807, 2.05) is 0 Å². The van der Waals surface area contributed by atoms with Crippen LogP contribution in [-0.4, -0.2) is 17.0 Å². The zero-order chi connectivity index (χ0) is 11.2. The van der Waals surface area contributed by atoms with Gasteiger partial charge in [0, 0.05) is 0 Å². The number of carboxylic acid groups (broad SMARTS) is 1. The molecule has 4 nitrogen and oxygen atoms in total. The molecule has 0 aliphatic carbocycles. The van der Waals surface area contributed by atoms with E-state index >= 15 is 0 Å². The van der Waals surface area contributed by atoms with E-state index in [0.717, 1.165) is 6.07 Å². The molecule has 2 N–H and O–H groups in total. The van der Waals surface area contributed by atoms with Gasteiger partial charge >= 0.3 is 5.97 Å². The number of rotatable bonds is 1. The van der Waals surface area contributed by atoms with Crippen LogP contribution in [0.4, 0.5) is 10.1 Å². The summed E-state index contributed by atoms with van der Waals surface area (Å²) in [4.78, 5) is 22.1. The number of carboxylic acids is 1. The zero-order valence-electron chi connectivity index (χ0n) is 7.87. The molecule has 15 heavy (non-hydrogen) atoms. The van der Waals surface area contributed by atoms with Gasteiger partial charge in [0.2, 0.25) is 5.91 Å². The predicted octanol–water partition coefficient (Wildman–Crippen LogP) is 1.58. The van der Waals surface area contributed by atoms with Gasteiger partial charge in [-0.2, -0.15) is 0 Å². The fourth-order valence-corrected chi connectivity index (χ4v) is 1.65. The van der Waals surface area contributed by atoms with Gasteiger partial charge in [-0.3, -0.25) is 4.79 Å². The Balaban J connectivity index is 2.67. The van der Waals surface area contributed by atoms with Gasteiger partial charge in [0.1, 0.15) is 5.82 Å². The summed E-state index contributed by atoms with van der Waals surface area (Å²) in [7, 11) is 0. The molecular weight excluding hydrogens is 201 g/mol. The lowest BCUT2D eigenvalue weighted by Crippen LogP contribution is -2.09. The molecule has 1 atom stereocenters. The second-order valence-corrected chi connectivity index (χ2v) is 3.43. The van der Waals surface area contributed by atoms with E-state index < -0.39 is 17.7 Å². The molecule has 0 saturated heterocycles. The Bertz CT molecular complexity index is 470. The minimum absolute atomic E-state index is 0.206. The highest BCUT2D eigenvalue weighted by Crippen LogP contribution is 2.35. The van der Waals surface area contributed by atoms with Crippen LogP contribution in [0.1, 0.15) is 28.8 Å². The van der Waals surface area contributed by atoms with Crippen LogP contribution in [-0.2, 0) is 4.79 Å². The van der Waals surface area contributed by atoms with Crippen molar-refractivity contribution in [3.8, 4) is 0 Å². The molecule has 0 radical (unpaired) electrons. The number of carbonyl (C=O) groups is 2. The van der Waals surface area contributed by atoms with Crippen molar-refractivity contribution in [1.82, 2.24) is 0 Å². The Morgan fingerprint density at radius 3 is 2.80 bits per heavy atom. The molecule has 1 amide bonds. The predicted molar refractivity (Wildman–Crippen MR) is 50.4 cm³/mol. The third kappa shape index (κ3) is 1.36.